The minimum Gasteiger partial charge on any atom is -0.459 e. The number of sulfone groups is 1. The number of amides is 1. The maximum atomic E-state index is 12.7. The highest BCUT2D eigenvalue weighted by molar-refractivity contribution is 7.91. The van der Waals surface area contributed by atoms with Gasteiger partial charge in [-0.05, 0) is 30.2 Å². The third-order valence-electron chi connectivity index (χ3n) is 3.94. The van der Waals surface area contributed by atoms with Crippen molar-refractivity contribution < 1.29 is 17.6 Å². The van der Waals surface area contributed by atoms with Crippen LogP contribution in [0, 0.1) is 0 Å². The summed E-state index contributed by atoms with van der Waals surface area (Å²) >= 11 is 6.18. The zero-order valence-corrected chi connectivity index (χ0v) is 13.9. The van der Waals surface area contributed by atoms with E-state index in [0.29, 0.717) is 11.4 Å². The zero-order valence-electron chi connectivity index (χ0n) is 12.3. The molecule has 23 heavy (non-hydrogen) atoms. The number of nitrogens with zero attached hydrogens (tertiary/aromatic N) is 1. The number of carbonyl (C=O) groups is 1. The number of carbonyl (C=O) groups excluding carboxylic acids is 1. The Bertz CT molecular complexity index is 801. The van der Waals surface area contributed by atoms with Gasteiger partial charge in [-0.3, -0.25) is 4.79 Å². The summed E-state index contributed by atoms with van der Waals surface area (Å²) in [6.45, 7) is 0.249. The topological polar surface area (TPSA) is 67.6 Å². The Morgan fingerprint density at radius 3 is 2.65 bits per heavy atom. The first-order valence-electron chi connectivity index (χ1n) is 7.24. The van der Waals surface area contributed by atoms with Gasteiger partial charge < -0.3 is 9.32 Å². The molecular formula is C16H16ClNO4S. The summed E-state index contributed by atoms with van der Waals surface area (Å²) in [5.74, 6) is -0.0511. The Balaban J connectivity index is 1.90. The first-order chi connectivity index (χ1) is 11.0. The van der Waals surface area contributed by atoms with Crippen molar-refractivity contribution in [2.24, 2.45) is 0 Å². The normalized spacial score (nSPS) is 19.6. The molecule has 2 heterocycles. The lowest BCUT2D eigenvalue weighted by atomic mass is 10.1. The molecule has 3 rings (SSSR count). The number of benzene rings is 1. The molecule has 122 valence electrons. The minimum absolute atomic E-state index is 0.0239. The molecular weight excluding hydrogens is 338 g/mol. The molecule has 0 spiro atoms. The highest BCUT2D eigenvalue weighted by atomic mass is 35.5. The number of hydrogen-bond donors (Lipinski definition) is 0. The average molecular weight is 354 g/mol. The molecule has 1 aromatic heterocycles. The molecule has 1 aliphatic heterocycles. The molecule has 0 unspecified atom stereocenters. The van der Waals surface area contributed by atoms with Crippen molar-refractivity contribution in [1.29, 1.82) is 0 Å². The van der Waals surface area contributed by atoms with Gasteiger partial charge in [0.1, 0.15) is 0 Å². The molecule has 0 radical (unpaired) electrons. The summed E-state index contributed by atoms with van der Waals surface area (Å²) in [6, 6.07) is 10.1. The summed E-state index contributed by atoms with van der Waals surface area (Å²) in [6.07, 6.45) is 1.85. The lowest BCUT2D eigenvalue weighted by molar-refractivity contribution is 0.0648. The largest absolute Gasteiger partial charge is 0.459 e. The Morgan fingerprint density at radius 1 is 1.26 bits per heavy atom. The van der Waals surface area contributed by atoms with Crippen LogP contribution in [0.5, 0.6) is 0 Å². The summed E-state index contributed by atoms with van der Waals surface area (Å²) in [5, 5.41) is 0.547. The highest BCUT2D eigenvalue weighted by Crippen LogP contribution is 2.25. The molecule has 1 fully saturated rings. The van der Waals surface area contributed by atoms with Gasteiger partial charge in [-0.1, -0.05) is 29.8 Å². The molecule has 1 aliphatic rings. The van der Waals surface area contributed by atoms with Crippen molar-refractivity contribution in [2.45, 2.75) is 19.0 Å². The van der Waals surface area contributed by atoms with Crippen molar-refractivity contribution in [2.75, 3.05) is 11.5 Å². The van der Waals surface area contributed by atoms with Crippen molar-refractivity contribution in [1.82, 2.24) is 4.90 Å². The first-order valence-corrected chi connectivity index (χ1v) is 9.44. The predicted octanol–water partition coefficient (Wildman–Crippen LogP) is 2.76. The standard InChI is InChI=1S/C16H16ClNO4S/c17-14-5-2-1-4-12(14)10-18(13-7-9-23(20,21)11-13)16(19)15-6-3-8-22-15/h1-6,8,13H,7,9-11H2/t13-/m1/s1. The quantitative estimate of drug-likeness (QED) is 0.847. The Morgan fingerprint density at radius 2 is 2.04 bits per heavy atom. The van der Waals surface area contributed by atoms with Gasteiger partial charge in [-0.2, -0.15) is 0 Å². The second-order valence-corrected chi connectivity index (χ2v) is 8.19. The van der Waals surface area contributed by atoms with E-state index < -0.39 is 9.84 Å². The molecule has 0 aliphatic carbocycles. The molecule has 5 nitrogen and oxygen atoms in total. The zero-order chi connectivity index (χ0) is 16.4. The van der Waals surface area contributed by atoms with Crippen LogP contribution in [0.2, 0.25) is 5.02 Å². The number of hydrogen-bond acceptors (Lipinski definition) is 4. The van der Waals surface area contributed by atoms with Crippen LogP contribution in [0.3, 0.4) is 0 Å². The van der Waals surface area contributed by atoms with E-state index in [2.05, 4.69) is 0 Å². The minimum atomic E-state index is -3.10. The van der Waals surface area contributed by atoms with Crippen LogP contribution in [0.4, 0.5) is 0 Å². The van der Waals surface area contributed by atoms with Gasteiger partial charge in [-0.15, -0.1) is 0 Å². The van der Waals surface area contributed by atoms with E-state index >= 15 is 0 Å². The van der Waals surface area contributed by atoms with Crippen LogP contribution in [0.1, 0.15) is 22.5 Å². The van der Waals surface area contributed by atoms with Crippen molar-refractivity contribution in [3.05, 3.63) is 59.0 Å². The lowest BCUT2D eigenvalue weighted by Crippen LogP contribution is -2.40. The van der Waals surface area contributed by atoms with Gasteiger partial charge in [-0.25, -0.2) is 8.42 Å². The van der Waals surface area contributed by atoms with Crippen LogP contribution in [0.25, 0.3) is 0 Å². The van der Waals surface area contributed by atoms with Crippen molar-refractivity contribution >= 4 is 27.3 Å². The van der Waals surface area contributed by atoms with Gasteiger partial charge >= 0.3 is 0 Å². The monoisotopic (exact) mass is 353 g/mol. The summed E-state index contributed by atoms with van der Waals surface area (Å²) in [7, 11) is -3.10. The summed E-state index contributed by atoms with van der Waals surface area (Å²) in [5.41, 5.74) is 0.776. The Labute approximate surface area is 139 Å². The number of halogens is 1. The van der Waals surface area contributed by atoms with Crippen molar-refractivity contribution in [3.8, 4) is 0 Å². The van der Waals surface area contributed by atoms with E-state index in [-0.39, 0.29) is 35.8 Å². The summed E-state index contributed by atoms with van der Waals surface area (Å²) < 4.78 is 28.8. The van der Waals surface area contributed by atoms with Gasteiger partial charge in [0.25, 0.3) is 5.91 Å². The molecule has 1 amide bonds. The second-order valence-electron chi connectivity index (χ2n) is 5.56. The molecule has 0 bridgehead atoms. The van der Waals surface area contributed by atoms with Crippen LogP contribution in [0.15, 0.2) is 47.1 Å². The van der Waals surface area contributed by atoms with Crippen molar-refractivity contribution in [3.63, 3.8) is 0 Å². The fourth-order valence-electron chi connectivity index (χ4n) is 2.74. The summed E-state index contributed by atoms with van der Waals surface area (Å²) in [4.78, 5) is 14.3. The molecule has 7 heteroatoms. The molecule has 1 saturated heterocycles. The van der Waals surface area contributed by atoms with Crippen LogP contribution in [-0.2, 0) is 16.4 Å². The van der Waals surface area contributed by atoms with E-state index in [0.717, 1.165) is 5.56 Å². The third kappa shape index (κ3) is 3.59. The van der Waals surface area contributed by atoms with Gasteiger partial charge in [0.2, 0.25) is 0 Å². The maximum absolute atomic E-state index is 12.7. The van der Waals surface area contributed by atoms with Gasteiger partial charge in [0.15, 0.2) is 15.6 Å². The fourth-order valence-corrected chi connectivity index (χ4v) is 4.67. The molecule has 1 atom stereocenters. The fraction of sp³-hybridized carbons (Fsp3) is 0.312. The van der Waals surface area contributed by atoms with E-state index in [1.807, 2.05) is 18.2 Å². The smallest absolute Gasteiger partial charge is 0.290 e. The van der Waals surface area contributed by atoms with E-state index in [1.54, 1.807) is 23.1 Å². The first kappa shape index (κ1) is 16.1. The molecule has 2 aromatic rings. The Hall–Kier alpha value is -1.79. The van der Waals surface area contributed by atoms with E-state index in [9.17, 15) is 13.2 Å². The second kappa shape index (κ2) is 6.37. The SMILES string of the molecule is O=C(c1ccco1)N(Cc1ccccc1Cl)[C@@H]1CCS(=O)(=O)C1. The maximum Gasteiger partial charge on any atom is 0.290 e. The average Bonchev–Trinajstić information content (AvgIpc) is 3.15. The molecule has 0 N–H and O–H groups in total. The number of rotatable bonds is 4. The molecule has 1 aromatic carbocycles. The van der Waals surface area contributed by atoms with Crippen LogP contribution in [-0.4, -0.2) is 36.8 Å². The highest BCUT2D eigenvalue weighted by Gasteiger charge is 2.36. The van der Waals surface area contributed by atoms with Crippen LogP contribution >= 0.6 is 11.6 Å². The Kier molecular flexibility index (Phi) is 4.46. The predicted molar refractivity (Wildman–Crippen MR) is 87.1 cm³/mol. The van der Waals surface area contributed by atoms with Gasteiger partial charge in [0.05, 0.1) is 17.8 Å². The van der Waals surface area contributed by atoms with E-state index in [1.165, 1.54) is 6.26 Å². The lowest BCUT2D eigenvalue weighted by Gasteiger charge is -2.28. The molecule has 0 saturated carbocycles. The van der Waals surface area contributed by atoms with E-state index in [4.69, 9.17) is 16.0 Å². The number of furan rings is 1. The third-order valence-corrected chi connectivity index (χ3v) is 6.06. The van der Waals surface area contributed by atoms with Crippen LogP contribution < -0.4 is 0 Å². The van der Waals surface area contributed by atoms with Gasteiger partial charge in [0, 0.05) is 17.6 Å².